The van der Waals surface area contributed by atoms with Crippen molar-refractivity contribution < 1.29 is 4.79 Å². The number of benzene rings is 2. The number of ketones is 1. The normalized spacial score (nSPS) is 10.6. The molecule has 0 aliphatic rings. The van der Waals surface area contributed by atoms with Gasteiger partial charge < -0.3 is 5.32 Å². The number of rotatable bonds is 8. The van der Waals surface area contributed by atoms with Crippen LogP contribution in [-0.4, -0.2) is 20.1 Å². The van der Waals surface area contributed by atoms with E-state index in [2.05, 4.69) is 17.0 Å². The van der Waals surface area contributed by atoms with Gasteiger partial charge >= 0.3 is 0 Å². The minimum absolute atomic E-state index is 0.0369. The Labute approximate surface area is 174 Å². The Bertz CT molecular complexity index is 1060. The summed E-state index contributed by atoms with van der Waals surface area (Å²) in [5.74, 6) is 0.690. The topological polar surface area (TPSA) is 51.9 Å². The fourth-order valence-electron chi connectivity index (χ4n) is 2.86. The van der Waals surface area contributed by atoms with Crippen LogP contribution < -0.4 is 5.32 Å². The van der Waals surface area contributed by atoms with Crippen LogP contribution in [0.15, 0.2) is 61.2 Å². The number of halogens is 1. The summed E-state index contributed by atoms with van der Waals surface area (Å²) in [6.45, 7) is 6.81. The third-order valence-electron chi connectivity index (χ3n) is 4.40. The molecule has 0 aliphatic carbocycles. The fraction of sp³-hybridized carbons (Fsp3) is 0.190. The van der Waals surface area contributed by atoms with E-state index < -0.39 is 0 Å². The zero-order chi connectivity index (χ0) is 20.1. The second-order valence-corrected chi connectivity index (χ2v) is 7.08. The second-order valence-electron chi connectivity index (χ2n) is 6.31. The fourth-order valence-corrected chi connectivity index (χ4v) is 3.32. The van der Waals surface area contributed by atoms with E-state index in [1.165, 1.54) is 0 Å². The van der Waals surface area contributed by atoms with E-state index in [1.807, 2.05) is 47.9 Å². The molecular formula is C21H21ClN4OS. The molecule has 7 heteroatoms. The Balaban J connectivity index is 1.84. The highest BCUT2D eigenvalue weighted by Gasteiger charge is 2.14. The molecule has 3 rings (SSSR count). The number of nitrogens with zero attached hydrogens (tertiary/aromatic N) is 3. The molecule has 0 spiro atoms. The summed E-state index contributed by atoms with van der Waals surface area (Å²) in [7, 11) is 0. The summed E-state index contributed by atoms with van der Waals surface area (Å²) < 4.78 is 3.92. The van der Waals surface area contributed by atoms with Gasteiger partial charge in [0.05, 0.1) is 6.54 Å². The van der Waals surface area contributed by atoms with Crippen molar-refractivity contribution >= 4 is 35.3 Å². The first-order valence-corrected chi connectivity index (χ1v) is 9.64. The van der Waals surface area contributed by atoms with Crippen LogP contribution in [0, 0.1) is 11.7 Å². The number of hydrogen-bond donors (Lipinski definition) is 1. The summed E-state index contributed by atoms with van der Waals surface area (Å²) >= 11 is 11.7. The lowest BCUT2D eigenvalue weighted by Gasteiger charge is -2.10. The average molecular weight is 413 g/mol. The molecule has 0 fully saturated rings. The summed E-state index contributed by atoms with van der Waals surface area (Å²) in [4.78, 5) is 12.5. The monoisotopic (exact) mass is 412 g/mol. The molecule has 0 atom stereocenters. The Morgan fingerprint density at radius 3 is 2.71 bits per heavy atom. The standard InChI is InChI=1S/C21H21ClN4OS/c1-3-12-25-20(13-23-18-11-7-10-17(22)15(18)2)24-26(21(25)28)14-19(27)16-8-5-4-6-9-16/h3-11,23H,1,12-14H2,2H3. The van der Waals surface area contributed by atoms with Crippen molar-refractivity contribution in [1.82, 2.24) is 14.3 Å². The van der Waals surface area contributed by atoms with Crippen molar-refractivity contribution in [2.75, 3.05) is 5.32 Å². The molecular weight excluding hydrogens is 392 g/mol. The molecule has 0 amide bonds. The summed E-state index contributed by atoms with van der Waals surface area (Å²) in [5.41, 5.74) is 2.53. The van der Waals surface area contributed by atoms with Gasteiger partial charge in [-0.1, -0.05) is 54.1 Å². The van der Waals surface area contributed by atoms with Crippen LogP contribution in [0.4, 0.5) is 5.69 Å². The maximum absolute atomic E-state index is 12.5. The number of nitrogens with one attached hydrogen (secondary N) is 1. The Hall–Kier alpha value is -2.70. The predicted octanol–water partition coefficient (Wildman–Crippen LogP) is 5.06. The molecule has 0 bridgehead atoms. The van der Waals surface area contributed by atoms with Gasteiger partial charge in [0, 0.05) is 22.8 Å². The van der Waals surface area contributed by atoms with Gasteiger partial charge in [-0.25, -0.2) is 4.68 Å². The van der Waals surface area contributed by atoms with Crippen LogP contribution in [0.1, 0.15) is 21.7 Å². The first-order chi connectivity index (χ1) is 13.5. The van der Waals surface area contributed by atoms with Gasteiger partial charge in [-0.2, -0.15) is 5.10 Å². The molecule has 1 aromatic heterocycles. The lowest BCUT2D eigenvalue weighted by molar-refractivity contribution is 0.0967. The molecule has 144 valence electrons. The zero-order valence-corrected chi connectivity index (χ0v) is 17.1. The van der Waals surface area contributed by atoms with E-state index in [-0.39, 0.29) is 12.3 Å². The number of Topliss-reactive ketones (excluding diaryl/α,β-unsaturated/α-hetero) is 1. The molecule has 28 heavy (non-hydrogen) atoms. The van der Waals surface area contributed by atoms with Gasteiger partial charge in [-0.05, 0) is 36.8 Å². The van der Waals surface area contributed by atoms with Crippen LogP contribution in [-0.2, 0) is 19.6 Å². The van der Waals surface area contributed by atoms with Gasteiger partial charge in [-0.3, -0.25) is 9.36 Å². The Kier molecular flexibility index (Phi) is 6.44. The predicted molar refractivity (Wildman–Crippen MR) is 116 cm³/mol. The van der Waals surface area contributed by atoms with Gasteiger partial charge in [0.2, 0.25) is 0 Å². The van der Waals surface area contributed by atoms with Crippen molar-refractivity contribution in [2.45, 2.75) is 26.6 Å². The van der Waals surface area contributed by atoms with Gasteiger partial charge in [-0.15, -0.1) is 6.58 Å². The van der Waals surface area contributed by atoms with Crippen molar-refractivity contribution in [3.8, 4) is 0 Å². The Morgan fingerprint density at radius 2 is 2.00 bits per heavy atom. The number of carbonyl (C=O) groups excluding carboxylic acids is 1. The van der Waals surface area contributed by atoms with E-state index >= 15 is 0 Å². The minimum atomic E-state index is -0.0369. The Morgan fingerprint density at radius 1 is 1.25 bits per heavy atom. The SMILES string of the molecule is C=CCn1c(CNc2cccc(Cl)c2C)nn(CC(=O)c2ccccc2)c1=S. The van der Waals surface area contributed by atoms with Crippen molar-refractivity contribution in [2.24, 2.45) is 0 Å². The quantitative estimate of drug-likeness (QED) is 0.319. The first-order valence-electron chi connectivity index (χ1n) is 8.86. The van der Waals surface area contributed by atoms with E-state index in [0.717, 1.165) is 17.1 Å². The molecule has 3 aromatic rings. The second kappa shape index (κ2) is 8.99. The highest BCUT2D eigenvalue weighted by Crippen LogP contribution is 2.23. The van der Waals surface area contributed by atoms with Crippen LogP contribution >= 0.6 is 23.8 Å². The third kappa shape index (κ3) is 4.40. The maximum atomic E-state index is 12.5. The molecule has 0 radical (unpaired) electrons. The summed E-state index contributed by atoms with van der Waals surface area (Å²) in [6.07, 6.45) is 1.76. The lowest BCUT2D eigenvalue weighted by Crippen LogP contribution is -2.12. The number of hydrogen-bond acceptors (Lipinski definition) is 4. The van der Waals surface area contributed by atoms with Gasteiger partial charge in [0.15, 0.2) is 16.4 Å². The third-order valence-corrected chi connectivity index (χ3v) is 5.25. The van der Waals surface area contributed by atoms with Gasteiger partial charge in [0.1, 0.15) is 6.54 Å². The highest BCUT2D eigenvalue weighted by atomic mass is 35.5. The molecule has 2 aromatic carbocycles. The van der Waals surface area contributed by atoms with E-state index in [4.69, 9.17) is 23.8 Å². The van der Waals surface area contributed by atoms with E-state index in [1.54, 1.807) is 22.9 Å². The molecule has 1 N–H and O–H groups in total. The van der Waals surface area contributed by atoms with Crippen LogP contribution in [0.25, 0.3) is 0 Å². The van der Waals surface area contributed by atoms with Crippen molar-refractivity contribution in [3.05, 3.63) is 87.9 Å². The van der Waals surface area contributed by atoms with Crippen LogP contribution in [0.5, 0.6) is 0 Å². The largest absolute Gasteiger partial charge is 0.377 e. The average Bonchev–Trinajstić information content (AvgIpc) is 2.99. The van der Waals surface area contributed by atoms with Crippen molar-refractivity contribution in [1.29, 1.82) is 0 Å². The number of carbonyl (C=O) groups is 1. The van der Waals surface area contributed by atoms with Crippen LogP contribution in [0.2, 0.25) is 5.02 Å². The first kappa shape index (κ1) is 20.0. The summed E-state index contributed by atoms with van der Waals surface area (Å²) in [5, 5.41) is 8.62. The minimum Gasteiger partial charge on any atom is -0.377 e. The molecule has 0 unspecified atom stereocenters. The van der Waals surface area contributed by atoms with Crippen LogP contribution in [0.3, 0.4) is 0 Å². The molecule has 0 saturated carbocycles. The molecule has 0 saturated heterocycles. The summed E-state index contributed by atoms with van der Waals surface area (Å²) in [6, 6.07) is 14.8. The van der Waals surface area contributed by atoms with Gasteiger partial charge in [0.25, 0.3) is 0 Å². The van der Waals surface area contributed by atoms with Crippen molar-refractivity contribution in [3.63, 3.8) is 0 Å². The highest BCUT2D eigenvalue weighted by molar-refractivity contribution is 7.71. The van der Waals surface area contributed by atoms with E-state index in [0.29, 0.717) is 28.4 Å². The zero-order valence-electron chi connectivity index (χ0n) is 15.6. The molecule has 1 heterocycles. The number of aromatic nitrogens is 3. The molecule has 5 nitrogen and oxygen atoms in total. The smallest absolute Gasteiger partial charge is 0.198 e. The van der Waals surface area contributed by atoms with E-state index in [9.17, 15) is 4.79 Å². The maximum Gasteiger partial charge on any atom is 0.198 e. The number of allylic oxidation sites excluding steroid dienone is 1. The number of anilines is 1. The molecule has 0 aliphatic heterocycles. The lowest BCUT2D eigenvalue weighted by atomic mass is 10.1.